The Bertz CT molecular complexity index is 1200. The minimum atomic E-state index is -1.13. The van der Waals surface area contributed by atoms with Gasteiger partial charge >= 0.3 is 6.09 Å². The van der Waals surface area contributed by atoms with Crippen molar-refractivity contribution in [2.75, 3.05) is 25.9 Å². The van der Waals surface area contributed by atoms with Gasteiger partial charge in [0.15, 0.2) is 5.49 Å². The maximum atomic E-state index is 13.5. The maximum Gasteiger partial charge on any atom is 0.410 e. The molecule has 2 N–H and O–H groups in total. The highest BCUT2D eigenvalue weighted by Crippen LogP contribution is 2.42. The number of rotatable bonds is 3. The number of nitrogens with zero attached hydrogens (tertiary/aromatic N) is 5. The minimum Gasteiger partial charge on any atom is -0.481 e. The monoisotopic (exact) mass is 438 g/mol. The van der Waals surface area contributed by atoms with Crippen LogP contribution in [0, 0.1) is 12.8 Å². The number of likely N-dealkylation sites (tertiary alicyclic amines) is 1. The molecular weight excluding hydrogens is 412 g/mol. The van der Waals surface area contributed by atoms with Crippen LogP contribution in [-0.4, -0.2) is 57.7 Å². The van der Waals surface area contributed by atoms with Crippen LogP contribution >= 0.6 is 0 Å². The first-order valence-electron chi connectivity index (χ1n) is 10.3. The van der Waals surface area contributed by atoms with Gasteiger partial charge in [-0.05, 0) is 33.3 Å². The van der Waals surface area contributed by atoms with Gasteiger partial charge in [0, 0.05) is 36.5 Å². The highest BCUT2D eigenvalue weighted by Gasteiger charge is 2.53. The summed E-state index contributed by atoms with van der Waals surface area (Å²) in [5.41, 5.74) is 5.55. The van der Waals surface area contributed by atoms with Crippen LogP contribution < -0.4 is 21.2 Å². The van der Waals surface area contributed by atoms with Gasteiger partial charge in [-0.3, -0.25) is 4.79 Å². The second-order valence-corrected chi connectivity index (χ2v) is 9.01. The number of aromatic nitrogens is 3. The van der Waals surface area contributed by atoms with E-state index in [0.29, 0.717) is 35.4 Å². The summed E-state index contributed by atoms with van der Waals surface area (Å²) in [6.07, 6.45) is 3.04. The van der Waals surface area contributed by atoms with Crippen molar-refractivity contribution in [1.82, 2.24) is 19.9 Å². The largest absolute Gasteiger partial charge is 0.481 e. The molecule has 1 saturated heterocycles. The smallest absolute Gasteiger partial charge is 0.410 e. The van der Waals surface area contributed by atoms with Crippen LogP contribution in [0.3, 0.4) is 0 Å². The summed E-state index contributed by atoms with van der Waals surface area (Å²) in [6, 6.07) is 3.49. The first-order valence-corrected chi connectivity index (χ1v) is 10.3. The second kappa shape index (κ2) is 7.54. The Morgan fingerprint density at radius 3 is 2.56 bits per heavy atom. The molecule has 0 aliphatic carbocycles. The van der Waals surface area contributed by atoms with Gasteiger partial charge < -0.3 is 20.1 Å². The van der Waals surface area contributed by atoms with E-state index in [9.17, 15) is 9.59 Å². The van der Waals surface area contributed by atoms with E-state index in [1.807, 2.05) is 26.8 Å². The molecule has 0 spiro atoms. The molecular formula is C22H26N6O4. The Balaban J connectivity index is 1.78. The number of anilines is 1. The zero-order valence-corrected chi connectivity index (χ0v) is 18.7. The van der Waals surface area contributed by atoms with Crippen molar-refractivity contribution in [3.05, 3.63) is 40.3 Å². The molecule has 10 heteroatoms. The van der Waals surface area contributed by atoms with Crippen LogP contribution in [0.2, 0.25) is 0 Å². The molecule has 2 amide bonds. The number of hydrogen-bond donors (Lipinski definition) is 1. The number of methoxy groups -OCH3 is 1. The SMILES string of the molecule is COc1ccc(C2(C3CN(C(=O)OC(C)(C)C)C3)C=c3c(C)nc(N)nc3=NC2=O)cn1. The predicted octanol–water partition coefficient (Wildman–Crippen LogP) is 0.516. The van der Waals surface area contributed by atoms with Gasteiger partial charge in [-0.15, -0.1) is 0 Å². The molecule has 2 aliphatic rings. The van der Waals surface area contributed by atoms with Gasteiger partial charge in [0.25, 0.3) is 5.91 Å². The summed E-state index contributed by atoms with van der Waals surface area (Å²) in [6.45, 7) is 7.91. The molecule has 10 nitrogen and oxygen atoms in total. The molecule has 2 aromatic heterocycles. The van der Waals surface area contributed by atoms with E-state index < -0.39 is 17.1 Å². The number of nitrogens with two attached hydrogens (primary N) is 1. The Labute approximate surface area is 185 Å². The van der Waals surface area contributed by atoms with Crippen LogP contribution in [-0.2, 0) is 14.9 Å². The average Bonchev–Trinajstić information content (AvgIpc) is 2.66. The Morgan fingerprint density at radius 1 is 1.25 bits per heavy atom. The number of ether oxygens (including phenoxy) is 2. The highest BCUT2D eigenvalue weighted by molar-refractivity contribution is 5.97. The lowest BCUT2D eigenvalue weighted by Crippen LogP contribution is -2.62. The Morgan fingerprint density at radius 2 is 1.97 bits per heavy atom. The maximum absolute atomic E-state index is 13.5. The highest BCUT2D eigenvalue weighted by atomic mass is 16.6. The van der Waals surface area contributed by atoms with E-state index in [2.05, 4.69) is 19.9 Å². The first-order chi connectivity index (χ1) is 15.0. The lowest BCUT2D eigenvalue weighted by molar-refractivity contribution is -0.125. The molecule has 32 heavy (non-hydrogen) atoms. The minimum absolute atomic E-state index is 0.0598. The van der Waals surface area contributed by atoms with Crippen molar-refractivity contribution in [3.8, 4) is 5.88 Å². The predicted molar refractivity (Wildman–Crippen MR) is 115 cm³/mol. The molecule has 2 aliphatic heterocycles. The molecule has 168 valence electrons. The fourth-order valence-corrected chi connectivity index (χ4v) is 4.04. The number of aryl methyl sites for hydroxylation is 1. The van der Waals surface area contributed by atoms with Crippen LogP contribution in [0.5, 0.6) is 5.88 Å². The van der Waals surface area contributed by atoms with Crippen LogP contribution in [0.1, 0.15) is 32.0 Å². The van der Waals surface area contributed by atoms with Crippen molar-refractivity contribution < 1.29 is 19.1 Å². The van der Waals surface area contributed by atoms with Crippen molar-refractivity contribution in [2.24, 2.45) is 10.9 Å². The van der Waals surface area contributed by atoms with Gasteiger partial charge in [0.1, 0.15) is 11.0 Å². The quantitative estimate of drug-likeness (QED) is 0.733. The average molecular weight is 438 g/mol. The van der Waals surface area contributed by atoms with Gasteiger partial charge in [-0.1, -0.05) is 12.1 Å². The fourth-order valence-electron chi connectivity index (χ4n) is 4.04. The van der Waals surface area contributed by atoms with Crippen molar-refractivity contribution in [3.63, 3.8) is 0 Å². The summed E-state index contributed by atoms with van der Waals surface area (Å²) < 4.78 is 10.6. The van der Waals surface area contributed by atoms with Crippen LogP contribution in [0.15, 0.2) is 23.3 Å². The molecule has 0 aromatic carbocycles. The number of amides is 2. The number of pyridine rings is 1. The van der Waals surface area contributed by atoms with Gasteiger partial charge in [0.05, 0.1) is 12.8 Å². The molecule has 4 heterocycles. The summed E-state index contributed by atoms with van der Waals surface area (Å²) >= 11 is 0. The number of hydrogen-bond acceptors (Lipinski definition) is 8. The third-order valence-corrected chi connectivity index (χ3v) is 5.67. The fraction of sp³-hybridized carbons (Fsp3) is 0.455. The lowest BCUT2D eigenvalue weighted by atomic mass is 9.65. The summed E-state index contributed by atoms with van der Waals surface area (Å²) in [7, 11) is 1.52. The number of nitrogen functional groups attached to an aromatic ring is 1. The van der Waals surface area contributed by atoms with Crippen molar-refractivity contribution in [2.45, 2.75) is 38.7 Å². The molecule has 2 aromatic rings. The lowest BCUT2D eigenvalue weighted by Gasteiger charge is -2.48. The third-order valence-electron chi connectivity index (χ3n) is 5.67. The Kier molecular flexibility index (Phi) is 5.10. The van der Waals surface area contributed by atoms with Gasteiger partial charge in [-0.2, -0.15) is 9.98 Å². The summed E-state index contributed by atoms with van der Waals surface area (Å²) in [4.78, 5) is 44.5. The molecule has 4 rings (SSSR count). The van der Waals surface area contributed by atoms with E-state index in [-0.39, 0.29) is 23.3 Å². The van der Waals surface area contributed by atoms with Crippen molar-refractivity contribution >= 4 is 24.0 Å². The van der Waals surface area contributed by atoms with E-state index in [0.717, 1.165) is 0 Å². The number of carbonyl (C=O) groups is 2. The van der Waals surface area contributed by atoms with E-state index >= 15 is 0 Å². The first kappa shape index (κ1) is 21.7. The molecule has 0 radical (unpaired) electrons. The third kappa shape index (κ3) is 3.65. The van der Waals surface area contributed by atoms with E-state index in [1.54, 1.807) is 30.2 Å². The Hall–Kier alpha value is -3.56. The van der Waals surface area contributed by atoms with E-state index in [4.69, 9.17) is 15.2 Å². The van der Waals surface area contributed by atoms with Crippen LogP contribution in [0.4, 0.5) is 10.7 Å². The molecule has 0 bridgehead atoms. The molecule has 0 saturated carbocycles. The summed E-state index contributed by atoms with van der Waals surface area (Å²) in [5, 5.41) is 0.644. The van der Waals surface area contributed by atoms with Gasteiger partial charge in [-0.25, -0.2) is 14.8 Å². The zero-order valence-electron chi connectivity index (χ0n) is 18.7. The summed E-state index contributed by atoms with van der Waals surface area (Å²) in [5.74, 6) is -0.125. The van der Waals surface area contributed by atoms with Crippen LogP contribution in [0.25, 0.3) is 6.08 Å². The van der Waals surface area contributed by atoms with Gasteiger partial charge in [0.2, 0.25) is 11.8 Å². The molecule has 1 unspecified atom stereocenters. The second-order valence-electron chi connectivity index (χ2n) is 9.01. The normalized spacial score (nSPS) is 20.5. The van der Waals surface area contributed by atoms with Crippen molar-refractivity contribution in [1.29, 1.82) is 0 Å². The molecule has 1 fully saturated rings. The molecule has 1 atom stereocenters. The number of carbonyl (C=O) groups excluding carboxylic acids is 2. The number of fused-ring (bicyclic) bond motifs is 1. The zero-order chi connectivity index (χ0) is 23.3. The standard InChI is InChI=1S/C22H26N6O4/c1-12-15-8-22(13-6-7-16(31-5)24-9-13,18(29)26-17(15)27-19(23)25-12)14-10-28(11-14)20(30)32-21(2,3)4/h6-9,14H,10-11H2,1-5H3,(H2,23,26,27,29). The van der Waals surface area contributed by atoms with E-state index in [1.165, 1.54) is 7.11 Å². The topological polar surface area (TPSA) is 133 Å².